The topological polar surface area (TPSA) is 67.9 Å². The van der Waals surface area contributed by atoms with Gasteiger partial charge in [0.2, 0.25) is 0 Å². The van der Waals surface area contributed by atoms with Crippen molar-refractivity contribution < 1.29 is 19.1 Å². The molecule has 280 valence electrons. The summed E-state index contributed by atoms with van der Waals surface area (Å²) in [6.45, 7) is 12.0. The Bertz CT molecular complexity index is 881. The molecule has 48 heavy (non-hydrogen) atoms. The van der Waals surface area contributed by atoms with Crippen molar-refractivity contribution in [2.45, 2.75) is 243 Å². The fourth-order valence-electron chi connectivity index (χ4n) is 9.39. The number of hydrogen-bond acceptors (Lipinski definition) is 5. The molecule has 0 aromatic carbocycles. The van der Waals surface area contributed by atoms with Gasteiger partial charge in [-0.25, -0.2) is 0 Å². The van der Waals surface area contributed by atoms with E-state index in [1.807, 2.05) is 4.90 Å². The van der Waals surface area contributed by atoms with Gasteiger partial charge in [-0.1, -0.05) is 142 Å². The highest BCUT2D eigenvalue weighted by molar-refractivity contribution is 5.89. The molecular weight excluding hydrogens is 596 g/mol. The predicted molar refractivity (Wildman–Crippen MR) is 200 cm³/mol. The molecule has 2 aliphatic heterocycles. The number of nitrogens with zero attached hydrogens (tertiary/aromatic N) is 1. The molecule has 1 saturated carbocycles. The van der Waals surface area contributed by atoms with Crippen LogP contribution in [-0.2, 0) is 19.1 Å². The number of piperidine rings is 1. The molecule has 0 unspecified atom stereocenters. The van der Waals surface area contributed by atoms with Gasteiger partial charge >= 0.3 is 5.97 Å². The minimum Gasteiger partial charge on any atom is -0.466 e. The maximum atomic E-state index is 14.7. The molecule has 0 aromatic rings. The molecule has 0 atom stereocenters. The van der Waals surface area contributed by atoms with E-state index >= 15 is 0 Å². The Hall–Kier alpha value is -1.14. The van der Waals surface area contributed by atoms with E-state index in [2.05, 4.69) is 39.9 Å². The molecular formula is C42H78N2O4. The molecule has 3 fully saturated rings. The molecule has 0 aromatic heterocycles. The number of hydrogen-bond donors (Lipinski definition) is 1. The van der Waals surface area contributed by atoms with Crippen LogP contribution in [0.25, 0.3) is 0 Å². The van der Waals surface area contributed by atoms with Crippen molar-refractivity contribution in [2.75, 3.05) is 13.2 Å². The third-order valence-corrected chi connectivity index (χ3v) is 11.3. The molecule has 2 heterocycles. The van der Waals surface area contributed by atoms with E-state index in [0.717, 1.165) is 38.5 Å². The highest BCUT2D eigenvalue weighted by Crippen LogP contribution is 2.50. The Morgan fingerprint density at radius 1 is 0.667 bits per heavy atom. The van der Waals surface area contributed by atoms with Crippen molar-refractivity contribution in [2.24, 2.45) is 0 Å². The molecule has 1 amide bonds. The summed E-state index contributed by atoms with van der Waals surface area (Å²) in [5, 5.41) is 3.77. The lowest BCUT2D eigenvalue weighted by Crippen LogP contribution is -2.65. The predicted octanol–water partition coefficient (Wildman–Crippen LogP) is 11.3. The zero-order valence-corrected chi connectivity index (χ0v) is 32.5. The van der Waals surface area contributed by atoms with E-state index in [1.54, 1.807) is 0 Å². The van der Waals surface area contributed by atoms with Gasteiger partial charge in [-0.3, -0.25) is 9.59 Å². The van der Waals surface area contributed by atoms with E-state index in [4.69, 9.17) is 9.47 Å². The van der Waals surface area contributed by atoms with Crippen LogP contribution in [0.4, 0.5) is 0 Å². The molecule has 6 nitrogen and oxygen atoms in total. The van der Waals surface area contributed by atoms with Crippen LogP contribution in [0.15, 0.2) is 0 Å². The van der Waals surface area contributed by atoms with Crippen molar-refractivity contribution in [3.05, 3.63) is 0 Å². The maximum absolute atomic E-state index is 14.7. The summed E-state index contributed by atoms with van der Waals surface area (Å²) in [6.07, 6.45) is 33.7. The van der Waals surface area contributed by atoms with Crippen molar-refractivity contribution in [1.82, 2.24) is 10.2 Å². The van der Waals surface area contributed by atoms with E-state index in [-0.39, 0.29) is 29.4 Å². The number of rotatable bonds is 14. The van der Waals surface area contributed by atoms with E-state index < -0.39 is 11.3 Å². The van der Waals surface area contributed by atoms with Crippen LogP contribution in [-0.4, -0.2) is 52.3 Å². The smallest absolute Gasteiger partial charge is 0.307 e. The summed E-state index contributed by atoms with van der Waals surface area (Å²) in [6, 6.07) is 0. The second-order valence-corrected chi connectivity index (χ2v) is 17.3. The van der Waals surface area contributed by atoms with Crippen LogP contribution in [0.3, 0.4) is 0 Å². The van der Waals surface area contributed by atoms with Crippen LogP contribution in [0.1, 0.15) is 221 Å². The Morgan fingerprint density at radius 3 is 1.54 bits per heavy atom. The molecule has 2 spiro atoms. The van der Waals surface area contributed by atoms with Crippen LogP contribution >= 0.6 is 0 Å². The first kappa shape index (κ1) is 41.3. The average Bonchev–Trinajstić information content (AvgIpc) is 3.21. The van der Waals surface area contributed by atoms with Gasteiger partial charge in [-0.2, -0.15) is 0 Å². The number of nitrogens with one attached hydrogen (secondary N) is 1. The fraction of sp³-hybridized carbons (Fsp3) is 0.952. The van der Waals surface area contributed by atoms with Crippen LogP contribution in [0, 0.1) is 0 Å². The lowest BCUT2D eigenvalue weighted by Gasteiger charge is -2.50. The van der Waals surface area contributed by atoms with Crippen molar-refractivity contribution in [3.63, 3.8) is 0 Å². The van der Waals surface area contributed by atoms with Gasteiger partial charge in [-0.15, -0.1) is 0 Å². The van der Waals surface area contributed by atoms with Crippen LogP contribution in [0.5, 0.6) is 0 Å². The molecule has 6 heteroatoms. The number of esters is 1. The van der Waals surface area contributed by atoms with Gasteiger partial charge in [-0.05, 0) is 59.8 Å². The van der Waals surface area contributed by atoms with Crippen molar-refractivity contribution >= 4 is 11.9 Å². The number of ether oxygens (including phenoxy) is 2. The van der Waals surface area contributed by atoms with Crippen molar-refractivity contribution in [3.8, 4) is 0 Å². The Balaban J connectivity index is 1.63. The van der Waals surface area contributed by atoms with Crippen LogP contribution < -0.4 is 5.32 Å². The van der Waals surface area contributed by atoms with Gasteiger partial charge in [0.1, 0.15) is 5.72 Å². The third kappa shape index (κ3) is 14.2. The lowest BCUT2D eigenvalue weighted by atomic mass is 9.72. The summed E-state index contributed by atoms with van der Waals surface area (Å²) >= 11 is 0. The van der Waals surface area contributed by atoms with Gasteiger partial charge in [0.15, 0.2) is 5.60 Å². The van der Waals surface area contributed by atoms with E-state index in [0.29, 0.717) is 26.0 Å². The first-order valence-corrected chi connectivity index (χ1v) is 21.0. The number of carbonyl (C=O) groups excluding carboxylic acids is 2. The number of carbonyl (C=O) groups is 2. The summed E-state index contributed by atoms with van der Waals surface area (Å²) in [5.74, 6) is -0.0661. The molecule has 0 radical (unpaired) electrons. The van der Waals surface area contributed by atoms with Gasteiger partial charge < -0.3 is 19.7 Å². The first-order valence-electron chi connectivity index (χ1n) is 21.0. The Labute approximate surface area is 297 Å². The second kappa shape index (κ2) is 21.3. The maximum Gasteiger partial charge on any atom is 0.307 e. The van der Waals surface area contributed by atoms with Crippen LogP contribution in [0.2, 0.25) is 0 Å². The Morgan fingerprint density at radius 2 is 1.08 bits per heavy atom. The summed E-state index contributed by atoms with van der Waals surface area (Å²) in [4.78, 5) is 29.8. The lowest BCUT2D eigenvalue weighted by molar-refractivity contribution is -0.177. The standard InChI is InChI=1S/C42H78N2O4/c1-6-7-8-9-10-11-20-23-26-29-34-47-37(45)30-33-44-38(46)41(35-39(2,3)43-40(4,5)36-41)48-42(44)31-27-24-21-18-16-14-12-13-15-17-19-22-25-28-32-42/h43H,6-36H2,1-5H3. The quantitative estimate of drug-likeness (QED) is 0.147. The highest BCUT2D eigenvalue weighted by Gasteiger charge is 2.64. The Kier molecular flexibility index (Phi) is 18.3. The SMILES string of the molecule is CCCCCCCCCCCCOC(=O)CCN1C(=O)C2(CC(C)(C)NC(C)(C)C2)OC12CCCCCCCCCCCCCCCC2. The number of amides is 1. The minimum absolute atomic E-state index is 0.110. The number of unbranched alkanes of at least 4 members (excludes halogenated alkanes) is 9. The van der Waals surface area contributed by atoms with Crippen molar-refractivity contribution in [1.29, 1.82) is 0 Å². The molecule has 2 saturated heterocycles. The minimum atomic E-state index is -0.850. The third-order valence-electron chi connectivity index (χ3n) is 11.3. The van der Waals surface area contributed by atoms with Gasteiger partial charge in [0.05, 0.1) is 13.0 Å². The molecule has 1 N–H and O–H groups in total. The summed E-state index contributed by atoms with van der Waals surface area (Å²) < 4.78 is 13.1. The second-order valence-electron chi connectivity index (χ2n) is 17.3. The highest BCUT2D eigenvalue weighted by atomic mass is 16.6. The van der Waals surface area contributed by atoms with E-state index in [1.165, 1.54) is 128 Å². The first-order chi connectivity index (χ1) is 23.0. The van der Waals surface area contributed by atoms with Gasteiger partial charge in [0, 0.05) is 30.5 Å². The largest absolute Gasteiger partial charge is 0.466 e. The molecule has 1 aliphatic carbocycles. The van der Waals surface area contributed by atoms with E-state index in [9.17, 15) is 9.59 Å². The zero-order chi connectivity index (χ0) is 34.8. The fourth-order valence-corrected chi connectivity index (χ4v) is 9.39. The molecule has 3 rings (SSSR count). The summed E-state index contributed by atoms with van der Waals surface area (Å²) in [7, 11) is 0. The van der Waals surface area contributed by atoms with Gasteiger partial charge in [0.25, 0.3) is 5.91 Å². The molecule has 3 aliphatic rings. The average molecular weight is 675 g/mol. The summed E-state index contributed by atoms with van der Waals surface area (Å²) in [5.41, 5.74) is -1.93. The normalized spacial score (nSPS) is 23.7. The monoisotopic (exact) mass is 675 g/mol. The zero-order valence-electron chi connectivity index (χ0n) is 32.5. The molecule has 0 bridgehead atoms.